The second-order valence-corrected chi connectivity index (χ2v) is 4.67. The number of nitrogens with zero attached hydrogens (tertiary/aromatic N) is 2. The van der Waals surface area contributed by atoms with Gasteiger partial charge in [0.25, 0.3) is 0 Å². The zero-order valence-electron chi connectivity index (χ0n) is 11.3. The third kappa shape index (κ3) is 3.94. The predicted octanol–water partition coefficient (Wildman–Crippen LogP) is 3.00. The Morgan fingerprint density at radius 3 is 2.61 bits per heavy atom. The molecular formula is C14H20N2OS. The van der Waals surface area contributed by atoms with Gasteiger partial charge in [-0.1, -0.05) is 19.9 Å². The van der Waals surface area contributed by atoms with E-state index in [1.807, 2.05) is 24.5 Å². The van der Waals surface area contributed by atoms with Crippen molar-refractivity contribution in [2.75, 3.05) is 32.5 Å². The van der Waals surface area contributed by atoms with Crippen LogP contribution in [0, 0.1) is 11.3 Å². The summed E-state index contributed by atoms with van der Waals surface area (Å²) < 4.78 is 5.73. The second-order valence-electron chi connectivity index (χ2n) is 3.82. The summed E-state index contributed by atoms with van der Waals surface area (Å²) in [5.41, 5.74) is 0.643. The maximum Gasteiger partial charge on any atom is 0.138 e. The van der Waals surface area contributed by atoms with Crippen LogP contribution < -0.4 is 4.74 Å². The summed E-state index contributed by atoms with van der Waals surface area (Å²) >= 11 is 1.57. The van der Waals surface area contributed by atoms with Crippen LogP contribution in [0.1, 0.15) is 19.4 Å². The van der Waals surface area contributed by atoms with Gasteiger partial charge in [-0.25, -0.2) is 0 Å². The molecule has 0 unspecified atom stereocenters. The highest BCUT2D eigenvalue weighted by Gasteiger charge is 2.08. The van der Waals surface area contributed by atoms with Gasteiger partial charge in [-0.05, 0) is 31.5 Å². The van der Waals surface area contributed by atoms with Gasteiger partial charge < -0.3 is 9.64 Å². The van der Waals surface area contributed by atoms with E-state index in [9.17, 15) is 5.26 Å². The van der Waals surface area contributed by atoms with E-state index in [2.05, 4.69) is 24.8 Å². The monoisotopic (exact) mass is 264 g/mol. The van der Waals surface area contributed by atoms with Crippen LogP contribution in [0.2, 0.25) is 0 Å². The van der Waals surface area contributed by atoms with Crippen LogP contribution in [0.25, 0.3) is 0 Å². The Bertz CT molecular complexity index is 411. The molecule has 0 aliphatic heterocycles. The summed E-state index contributed by atoms with van der Waals surface area (Å²) in [7, 11) is 0. The van der Waals surface area contributed by atoms with Gasteiger partial charge in [0.2, 0.25) is 0 Å². The smallest absolute Gasteiger partial charge is 0.138 e. The van der Waals surface area contributed by atoms with Crippen molar-refractivity contribution in [1.29, 1.82) is 5.26 Å². The van der Waals surface area contributed by atoms with Gasteiger partial charge in [-0.3, -0.25) is 0 Å². The molecule has 0 fully saturated rings. The molecule has 0 aliphatic carbocycles. The first-order valence-electron chi connectivity index (χ1n) is 6.19. The number of nitriles is 1. The lowest BCUT2D eigenvalue weighted by molar-refractivity contribution is 0.222. The fourth-order valence-corrected chi connectivity index (χ4v) is 2.30. The van der Waals surface area contributed by atoms with Crippen molar-refractivity contribution >= 4 is 11.8 Å². The van der Waals surface area contributed by atoms with Gasteiger partial charge >= 0.3 is 0 Å². The molecule has 0 N–H and O–H groups in total. The molecule has 1 aromatic carbocycles. The maximum atomic E-state index is 9.18. The predicted molar refractivity (Wildman–Crippen MR) is 76.2 cm³/mol. The van der Waals surface area contributed by atoms with Crippen molar-refractivity contribution in [3.8, 4) is 11.8 Å². The molecule has 3 nitrogen and oxygen atoms in total. The fourth-order valence-electron chi connectivity index (χ4n) is 1.74. The number of hydrogen-bond acceptors (Lipinski definition) is 4. The maximum absolute atomic E-state index is 9.18. The Labute approximate surface area is 114 Å². The van der Waals surface area contributed by atoms with Crippen LogP contribution in [0.5, 0.6) is 5.75 Å². The molecule has 0 spiro atoms. The molecule has 0 radical (unpaired) electrons. The zero-order chi connectivity index (χ0) is 13.4. The molecule has 0 saturated carbocycles. The van der Waals surface area contributed by atoms with Crippen molar-refractivity contribution < 1.29 is 4.74 Å². The van der Waals surface area contributed by atoms with Gasteiger partial charge in [-0.2, -0.15) is 5.26 Å². The Balaban J connectivity index is 2.65. The molecule has 0 saturated heterocycles. The van der Waals surface area contributed by atoms with Crippen LogP contribution in [0.15, 0.2) is 23.1 Å². The average molecular weight is 264 g/mol. The number of hydrogen-bond donors (Lipinski definition) is 0. The van der Waals surface area contributed by atoms with E-state index < -0.39 is 0 Å². The number of benzene rings is 1. The summed E-state index contributed by atoms with van der Waals surface area (Å²) in [6.45, 7) is 7.83. The van der Waals surface area contributed by atoms with Crippen LogP contribution in [-0.2, 0) is 0 Å². The van der Waals surface area contributed by atoms with Crippen LogP contribution in [0.3, 0.4) is 0 Å². The van der Waals surface area contributed by atoms with E-state index in [0.29, 0.717) is 17.9 Å². The summed E-state index contributed by atoms with van der Waals surface area (Å²) in [5.74, 6) is 0.691. The molecule has 18 heavy (non-hydrogen) atoms. The Morgan fingerprint density at radius 2 is 2.06 bits per heavy atom. The number of rotatable bonds is 7. The Hall–Kier alpha value is -1.18. The molecule has 1 aromatic rings. The number of ether oxygens (including phenoxy) is 1. The highest BCUT2D eigenvalue weighted by molar-refractivity contribution is 7.98. The lowest BCUT2D eigenvalue weighted by Gasteiger charge is -2.18. The van der Waals surface area contributed by atoms with E-state index in [0.717, 1.165) is 24.5 Å². The van der Waals surface area contributed by atoms with Crippen molar-refractivity contribution in [2.24, 2.45) is 0 Å². The summed E-state index contributed by atoms with van der Waals surface area (Å²) in [6.07, 6.45) is 1.97. The van der Waals surface area contributed by atoms with Gasteiger partial charge in [0.1, 0.15) is 24.0 Å². The van der Waals surface area contributed by atoms with Crippen molar-refractivity contribution in [3.63, 3.8) is 0 Å². The first-order chi connectivity index (χ1) is 8.76. The van der Waals surface area contributed by atoms with E-state index in [-0.39, 0.29) is 0 Å². The third-order valence-electron chi connectivity index (χ3n) is 2.88. The van der Waals surface area contributed by atoms with Gasteiger partial charge in [-0.15, -0.1) is 11.8 Å². The van der Waals surface area contributed by atoms with Crippen LogP contribution in [-0.4, -0.2) is 37.4 Å². The Morgan fingerprint density at radius 1 is 1.33 bits per heavy atom. The highest BCUT2D eigenvalue weighted by atomic mass is 32.2. The van der Waals surface area contributed by atoms with E-state index >= 15 is 0 Å². The van der Waals surface area contributed by atoms with Crippen LogP contribution >= 0.6 is 11.8 Å². The quantitative estimate of drug-likeness (QED) is 0.709. The zero-order valence-corrected chi connectivity index (χ0v) is 12.1. The number of likely N-dealkylation sites (N-methyl/N-ethyl adjacent to an activating group) is 1. The highest BCUT2D eigenvalue weighted by Crippen LogP contribution is 2.27. The minimum absolute atomic E-state index is 0.619. The molecule has 1 rings (SSSR count). The van der Waals surface area contributed by atoms with Gasteiger partial charge in [0.15, 0.2) is 0 Å². The van der Waals surface area contributed by atoms with Gasteiger partial charge in [0.05, 0.1) is 0 Å². The van der Waals surface area contributed by atoms with E-state index in [1.165, 1.54) is 0 Å². The fraction of sp³-hybridized carbons (Fsp3) is 0.500. The lowest BCUT2D eigenvalue weighted by atomic mass is 10.2. The lowest BCUT2D eigenvalue weighted by Crippen LogP contribution is -2.28. The summed E-state index contributed by atoms with van der Waals surface area (Å²) in [5, 5.41) is 9.18. The minimum atomic E-state index is 0.619. The molecule has 0 aliphatic rings. The molecule has 0 atom stereocenters. The third-order valence-corrected chi connectivity index (χ3v) is 3.66. The van der Waals surface area contributed by atoms with Crippen molar-refractivity contribution in [2.45, 2.75) is 18.7 Å². The molecule has 0 heterocycles. The second kappa shape index (κ2) is 8.02. The first kappa shape index (κ1) is 14.9. The normalized spacial score (nSPS) is 10.4. The Kier molecular flexibility index (Phi) is 6.63. The van der Waals surface area contributed by atoms with Crippen LogP contribution in [0.4, 0.5) is 0 Å². The van der Waals surface area contributed by atoms with E-state index in [4.69, 9.17) is 4.74 Å². The van der Waals surface area contributed by atoms with Crippen molar-refractivity contribution in [1.82, 2.24) is 4.90 Å². The first-order valence-corrected chi connectivity index (χ1v) is 7.41. The SMILES string of the molecule is CCN(CC)CCOc1cccc(SC)c1C#N. The standard InChI is InChI=1S/C14H20N2OS/c1-4-16(5-2)9-10-17-13-7-6-8-14(18-3)12(13)11-15/h6-8H,4-5,9-10H2,1-3H3. The molecule has 0 aromatic heterocycles. The molecule has 98 valence electrons. The van der Waals surface area contributed by atoms with Gasteiger partial charge in [0, 0.05) is 11.4 Å². The molecule has 4 heteroatoms. The summed E-state index contributed by atoms with van der Waals surface area (Å²) in [6, 6.07) is 7.96. The number of thioether (sulfide) groups is 1. The van der Waals surface area contributed by atoms with Crippen molar-refractivity contribution in [3.05, 3.63) is 23.8 Å². The molecule has 0 bridgehead atoms. The summed E-state index contributed by atoms with van der Waals surface area (Å²) in [4.78, 5) is 3.27. The minimum Gasteiger partial charge on any atom is -0.491 e. The molecular weight excluding hydrogens is 244 g/mol. The molecule has 0 amide bonds. The average Bonchev–Trinajstić information content (AvgIpc) is 2.43. The largest absolute Gasteiger partial charge is 0.491 e. The topological polar surface area (TPSA) is 36.3 Å². The van der Waals surface area contributed by atoms with E-state index in [1.54, 1.807) is 11.8 Å².